The topological polar surface area (TPSA) is 90.7 Å². The van der Waals surface area contributed by atoms with Crippen molar-refractivity contribution in [3.8, 4) is 5.75 Å². The Morgan fingerprint density at radius 3 is 2.57 bits per heavy atom. The minimum atomic E-state index is -0.987. The highest BCUT2D eigenvalue weighted by atomic mass is 35.5. The highest BCUT2D eigenvalue weighted by Crippen LogP contribution is 2.22. The van der Waals surface area contributed by atoms with E-state index < -0.39 is 18.0 Å². The Kier molecular flexibility index (Phi) is 7.08. The van der Waals surface area contributed by atoms with Gasteiger partial charge in [-0.2, -0.15) is 0 Å². The van der Waals surface area contributed by atoms with Crippen molar-refractivity contribution in [2.75, 3.05) is 5.32 Å². The van der Waals surface area contributed by atoms with E-state index in [9.17, 15) is 9.59 Å². The summed E-state index contributed by atoms with van der Waals surface area (Å²) in [6.07, 6.45) is -0.693. The van der Waals surface area contributed by atoms with Gasteiger partial charge in [-0.1, -0.05) is 47.9 Å². The molecule has 3 aromatic rings. The summed E-state index contributed by atoms with van der Waals surface area (Å²) < 4.78 is 16.1. The average Bonchev–Trinajstić information content (AvgIpc) is 3.16. The largest absolute Gasteiger partial charge is 0.488 e. The van der Waals surface area contributed by atoms with E-state index in [-0.39, 0.29) is 18.0 Å². The molecule has 0 aliphatic heterocycles. The lowest BCUT2D eigenvalue weighted by Gasteiger charge is -2.16. The van der Waals surface area contributed by atoms with Crippen molar-refractivity contribution in [3.05, 3.63) is 76.5 Å². The Bertz CT molecular complexity index is 1020. The van der Waals surface area contributed by atoms with Gasteiger partial charge in [0.05, 0.1) is 0 Å². The first-order valence-electron chi connectivity index (χ1n) is 9.37. The van der Waals surface area contributed by atoms with Gasteiger partial charge in [-0.05, 0) is 43.2 Å². The van der Waals surface area contributed by atoms with Crippen molar-refractivity contribution >= 4 is 29.3 Å². The Morgan fingerprint density at radius 1 is 1.17 bits per heavy atom. The molecule has 0 spiro atoms. The zero-order valence-electron chi connectivity index (χ0n) is 16.6. The van der Waals surface area contributed by atoms with Crippen LogP contribution in [0.2, 0.25) is 5.02 Å². The Hall–Kier alpha value is -3.32. The number of esters is 1. The second-order valence-electron chi connectivity index (χ2n) is 6.53. The third kappa shape index (κ3) is 5.61. The van der Waals surface area contributed by atoms with Crippen molar-refractivity contribution in [1.29, 1.82) is 0 Å². The van der Waals surface area contributed by atoms with Crippen LogP contribution in [0.3, 0.4) is 0 Å². The molecule has 0 aliphatic carbocycles. The summed E-state index contributed by atoms with van der Waals surface area (Å²) in [6.45, 7) is 3.71. The van der Waals surface area contributed by atoms with E-state index in [0.717, 1.165) is 5.56 Å². The van der Waals surface area contributed by atoms with Gasteiger partial charge in [0, 0.05) is 11.1 Å². The Morgan fingerprint density at radius 2 is 1.90 bits per heavy atom. The summed E-state index contributed by atoms with van der Waals surface area (Å²) in [6, 6.07) is 15.5. The number of carbonyl (C=O) groups excluding carboxylic acids is 2. The van der Waals surface area contributed by atoms with Gasteiger partial charge in [0.25, 0.3) is 5.91 Å². The number of hydrogen-bond acceptors (Lipinski definition) is 6. The number of anilines is 1. The number of halogens is 1. The number of benzene rings is 2. The van der Waals surface area contributed by atoms with Gasteiger partial charge in [-0.25, -0.2) is 4.79 Å². The van der Waals surface area contributed by atoms with E-state index in [4.69, 9.17) is 25.6 Å². The molecule has 30 heavy (non-hydrogen) atoms. The third-order valence-electron chi connectivity index (χ3n) is 4.21. The molecule has 0 radical (unpaired) electrons. The van der Waals surface area contributed by atoms with Crippen LogP contribution in [0.5, 0.6) is 5.75 Å². The van der Waals surface area contributed by atoms with Crippen LogP contribution in [-0.4, -0.2) is 23.1 Å². The summed E-state index contributed by atoms with van der Waals surface area (Å²) in [5.41, 5.74) is 1.13. The normalized spacial score (nSPS) is 11.6. The number of amides is 1. The molecular formula is C22H21ClN2O5. The van der Waals surface area contributed by atoms with Crippen molar-refractivity contribution in [2.45, 2.75) is 33.0 Å². The first-order chi connectivity index (χ1) is 14.5. The average molecular weight is 429 g/mol. The molecule has 1 unspecified atom stereocenters. The summed E-state index contributed by atoms with van der Waals surface area (Å²) in [5, 5.41) is 6.91. The number of ether oxygens (including phenoxy) is 2. The maximum Gasteiger partial charge on any atom is 0.342 e. The van der Waals surface area contributed by atoms with E-state index in [0.29, 0.717) is 23.0 Å². The fourth-order valence-corrected chi connectivity index (χ4v) is 2.78. The zero-order chi connectivity index (χ0) is 21.5. The van der Waals surface area contributed by atoms with Crippen LogP contribution in [0.25, 0.3) is 0 Å². The standard InChI is InChI=1S/C22H21ClN2O5/c1-3-18(21(26)24-20-12-14(2)30-25-20)29-22(27)17-6-4-5-7-19(17)28-13-15-8-10-16(23)11-9-15/h4-12,18H,3,13H2,1-2H3,(H,24,25,26). The summed E-state index contributed by atoms with van der Waals surface area (Å²) in [5.74, 6) is 0.0411. The highest BCUT2D eigenvalue weighted by molar-refractivity contribution is 6.30. The molecule has 1 aromatic heterocycles. The van der Waals surface area contributed by atoms with Crippen LogP contribution in [0.15, 0.2) is 59.1 Å². The molecule has 8 heteroatoms. The Labute approximate surface area is 178 Å². The molecule has 0 saturated carbocycles. The lowest BCUT2D eigenvalue weighted by atomic mass is 10.2. The minimum absolute atomic E-state index is 0.231. The van der Waals surface area contributed by atoms with Crippen LogP contribution in [0.1, 0.15) is 35.0 Å². The quantitative estimate of drug-likeness (QED) is 0.519. The second kappa shape index (κ2) is 9.93. The molecular weight excluding hydrogens is 408 g/mol. The molecule has 1 heterocycles. The van der Waals surface area contributed by atoms with Gasteiger partial charge >= 0.3 is 5.97 Å². The number of aryl methyl sites for hydroxylation is 1. The molecule has 0 aliphatic rings. The number of rotatable bonds is 8. The lowest BCUT2D eigenvalue weighted by Crippen LogP contribution is -2.32. The minimum Gasteiger partial charge on any atom is -0.488 e. The van der Waals surface area contributed by atoms with Crippen LogP contribution < -0.4 is 10.1 Å². The molecule has 3 rings (SSSR count). The molecule has 1 amide bonds. The maximum absolute atomic E-state index is 12.7. The van der Waals surface area contributed by atoms with E-state index in [1.807, 2.05) is 12.1 Å². The predicted octanol–water partition coefficient (Wildman–Crippen LogP) is 4.79. The SMILES string of the molecule is CCC(OC(=O)c1ccccc1OCc1ccc(Cl)cc1)C(=O)Nc1cc(C)on1. The van der Waals surface area contributed by atoms with Crippen LogP contribution in [-0.2, 0) is 16.1 Å². The summed E-state index contributed by atoms with van der Waals surface area (Å²) in [4.78, 5) is 25.1. The third-order valence-corrected chi connectivity index (χ3v) is 4.46. The zero-order valence-corrected chi connectivity index (χ0v) is 17.3. The van der Waals surface area contributed by atoms with Crippen molar-refractivity contribution in [1.82, 2.24) is 5.16 Å². The number of aromatic nitrogens is 1. The fraction of sp³-hybridized carbons (Fsp3) is 0.227. The van der Waals surface area contributed by atoms with Crippen LogP contribution >= 0.6 is 11.6 Å². The highest BCUT2D eigenvalue weighted by Gasteiger charge is 2.24. The lowest BCUT2D eigenvalue weighted by molar-refractivity contribution is -0.124. The van der Waals surface area contributed by atoms with Crippen molar-refractivity contribution in [3.63, 3.8) is 0 Å². The predicted molar refractivity (Wildman–Crippen MR) is 112 cm³/mol. The second-order valence-corrected chi connectivity index (χ2v) is 6.96. The Balaban J connectivity index is 1.66. The van der Waals surface area contributed by atoms with E-state index in [1.54, 1.807) is 56.3 Å². The number of carbonyl (C=O) groups is 2. The van der Waals surface area contributed by atoms with Gasteiger partial charge in [0.1, 0.15) is 23.7 Å². The molecule has 0 saturated heterocycles. The van der Waals surface area contributed by atoms with E-state index >= 15 is 0 Å². The fourth-order valence-electron chi connectivity index (χ4n) is 2.65. The molecule has 2 aromatic carbocycles. The maximum atomic E-state index is 12.7. The van der Waals surface area contributed by atoms with Crippen molar-refractivity contribution < 1.29 is 23.6 Å². The number of nitrogens with zero attached hydrogens (tertiary/aromatic N) is 1. The molecule has 1 N–H and O–H groups in total. The van der Waals surface area contributed by atoms with Gasteiger partial charge in [-0.15, -0.1) is 0 Å². The molecule has 1 atom stereocenters. The first kappa shape index (κ1) is 21.4. The van der Waals surface area contributed by atoms with Crippen LogP contribution in [0, 0.1) is 6.92 Å². The summed E-state index contributed by atoms with van der Waals surface area (Å²) in [7, 11) is 0. The first-order valence-corrected chi connectivity index (χ1v) is 9.75. The number of hydrogen-bond donors (Lipinski definition) is 1. The molecule has 156 valence electrons. The van der Waals surface area contributed by atoms with Gasteiger partial charge < -0.3 is 19.3 Å². The van der Waals surface area contributed by atoms with E-state index in [2.05, 4.69) is 10.5 Å². The monoisotopic (exact) mass is 428 g/mol. The van der Waals surface area contributed by atoms with Gasteiger partial charge in [0.2, 0.25) is 0 Å². The summed E-state index contributed by atoms with van der Waals surface area (Å²) >= 11 is 5.89. The number of nitrogens with one attached hydrogen (secondary N) is 1. The van der Waals surface area contributed by atoms with E-state index in [1.165, 1.54) is 0 Å². The number of para-hydroxylation sites is 1. The van der Waals surface area contributed by atoms with Gasteiger partial charge in [0.15, 0.2) is 11.9 Å². The van der Waals surface area contributed by atoms with Crippen molar-refractivity contribution in [2.24, 2.45) is 0 Å². The van der Waals surface area contributed by atoms with Gasteiger partial charge in [-0.3, -0.25) is 4.79 Å². The molecule has 0 fully saturated rings. The molecule has 0 bridgehead atoms. The smallest absolute Gasteiger partial charge is 0.342 e. The molecule has 7 nitrogen and oxygen atoms in total. The van der Waals surface area contributed by atoms with Crippen LogP contribution in [0.4, 0.5) is 5.82 Å².